The van der Waals surface area contributed by atoms with E-state index in [0.717, 1.165) is 32.5 Å². The highest BCUT2D eigenvalue weighted by atomic mass is 32.1. The molecular weight excluding hydrogens is 270 g/mol. The lowest BCUT2D eigenvalue weighted by molar-refractivity contribution is 0.341. The standard InChI is InChI=1S/C15H15N3OS/c1-3-19-12-6-7-13-14(8-12)20-15(18-13)17-11-5-4-10(2)16-9-11/h4-9H,3H2,1-2H3,(H,17,18). The largest absolute Gasteiger partial charge is 0.494 e. The summed E-state index contributed by atoms with van der Waals surface area (Å²) in [6.45, 7) is 4.62. The first-order valence-electron chi connectivity index (χ1n) is 6.47. The number of aryl methyl sites for hydroxylation is 1. The predicted octanol–water partition coefficient (Wildman–Crippen LogP) is 4.14. The molecule has 0 atom stereocenters. The molecular formula is C15H15N3OS. The van der Waals surface area contributed by atoms with Gasteiger partial charge in [0.15, 0.2) is 5.13 Å². The minimum absolute atomic E-state index is 0.671. The summed E-state index contributed by atoms with van der Waals surface area (Å²) >= 11 is 1.61. The summed E-state index contributed by atoms with van der Waals surface area (Å²) in [5.74, 6) is 0.882. The van der Waals surface area contributed by atoms with Crippen LogP contribution in [-0.2, 0) is 0 Å². The average molecular weight is 285 g/mol. The molecule has 1 aromatic carbocycles. The fraction of sp³-hybridized carbons (Fsp3) is 0.200. The molecule has 3 rings (SSSR count). The topological polar surface area (TPSA) is 47.0 Å². The maximum Gasteiger partial charge on any atom is 0.188 e. The number of aromatic nitrogens is 2. The van der Waals surface area contributed by atoms with Crippen molar-refractivity contribution < 1.29 is 4.74 Å². The molecule has 0 bridgehead atoms. The molecule has 0 unspecified atom stereocenters. The highest BCUT2D eigenvalue weighted by molar-refractivity contribution is 7.22. The van der Waals surface area contributed by atoms with Gasteiger partial charge in [0.05, 0.1) is 28.7 Å². The van der Waals surface area contributed by atoms with Crippen molar-refractivity contribution in [2.75, 3.05) is 11.9 Å². The molecule has 0 aliphatic rings. The number of ether oxygens (including phenoxy) is 1. The number of hydrogen-bond acceptors (Lipinski definition) is 5. The summed E-state index contributed by atoms with van der Waals surface area (Å²) in [6.07, 6.45) is 1.81. The van der Waals surface area contributed by atoms with Gasteiger partial charge in [-0.3, -0.25) is 4.98 Å². The van der Waals surface area contributed by atoms with Gasteiger partial charge in [0.1, 0.15) is 5.75 Å². The highest BCUT2D eigenvalue weighted by Gasteiger charge is 2.05. The van der Waals surface area contributed by atoms with Crippen molar-refractivity contribution in [3.8, 4) is 5.75 Å². The van der Waals surface area contributed by atoms with Crippen LogP contribution in [0.15, 0.2) is 36.5 Å². The summed E-state index contributed by atoms with van der Waals surface area (Å²) in [7, 11) is 0. The number of nitrogens with zero attached hydrogens (tertiary/aromatic N) is 2. The molecule has 0 radical (unpaired) electrons. The maximum atomic E-state index is 5.50. The van der Waals surface area contributed by atoms with Crippen LogP contribution < -0.4 is 10.1 Å². The number of hydrogen-bond donors (Lipinski definition) is 1. The molecule has 0 aliphatic heterocycles. The van der Waals surface area contributed by atoms with Gasteiger partial charge in [-0.1, -0.05) is 11.3 Å². The molecule has 0 spiro atoms. The third-order valence-electron chi connectivity index (χ3n) is 2.83. The van der Waals surface area contributed by atoms with Crippen LogP contribution in [0, 0.1) is 6.92 Å². The maximum absolute atomic E-state index is 5.50. The molecule has 0 amide bonds. The zero-order valence-corrected chi connectivity index (χ0v) is 12.2. The second kappa shape index (κ2) is 5.46. The van der Waals surface area contributed by atoms with E-state index >= 15 is 0 Å². The van der Waals surface area contributed by atoms with E-state index in [-0.39, 0.29) is 0 Å². The van der Waals surface area contributed by atoms with Crippen molar-refractivity contribution in [3.63, 3.8) is 0 Å². The van der Waals surface area contributed by atoms with Crippen LogP contribution in [0.5, 0.6) is 5.75 Å². The third-order valence-corrected chi connectivity index (χ3v) is 3.77. The number of rotatable bonds is 4. The van der Waals surface area contributed by atoms with E-state index in [9.17, 15) is 0 Å². The molecule has 0 saturated heterocycles. The lowest BCUT2D eigenvalue weighted by Gasteiger charge is -2.01. The van der Waals surface area contributed by atoms with Gasteiger partial charge in [0.25, 0.3) is 0 Å². The van der Waals surface area contributed by atoms with E-state index in [0.29, 0.717) is 6.61 Å². The van der Waals surface area contributed by atoms with E-state index in [2.05, 4.69) is 15.3 Å². The molecule has 2 heterocycles. The van der Waals surface area contributed by atoms with Crippen LogP contribution in [0.25, 0.3) is 10.2 Å². The van der Waals surface area contributed by atoms with Gasteiger partial charge in [0, 0.05) is 5.69 Å². The Hall–Kier alpha value is -2.14. The van der Waals surface area contributed by atoms with Crippen molar-refractivity contribution >= 4 is 32.4 Å². The van der Waals surface area contributed by atoms with Crippen molar-refractivity contribution in [3.05, 3.63) is 42.2 Å². The molecule has 0 aliphatic carbocycles. The molecule has 4 nitrogen and oxygen atoms in total. The van der Waals surface area contributed by atoms with Gasteiger partial charge in [-0.05, 0) is 44.2 Å². The molecule has 5 heteroatoms. The number of fused-ring (bicyclic) bond motifs is 1. The predicted molar refractivity (Wildman–Crippen MR) is 83.0 cm³/mol. The van der Waals surface area contributed by atoms with Gasteiger partial charge in [0.2, 0.25) is 0 Å². The average Bonchev–Trinajstić information content (AvgIpc) is 2.83. The lowest BCUT2D eigenvalue weighted by atomic mass is 10.3. The minimum Gasteiger partial charge on any atom is -0.494 e. The second-order valence-corrected chi connectivity index (χ2v) is 5.43. The number of pyridine rings is 1. The van der Waals surface area contributed by atoms with E-state index < -0.39 is 0 Å². The first-order chi connectivity index (χ1) is 9.74. The quantitative estimate of drug-likeness (QED) is 0.782. The van der Waals surface area contributed by atoms with Crippen molar-refractivity contribution in [2.24, 2.45) is 0 Å². The zero-order chi connectivity index (χ0) is 13.9. The summed E-state index contributed by atoms with van der Waals surface area (Å²) in [6, 6.07) is 9.93. The Morgan fingerprint density at radius 1 is 1.25 bits per heavy atom. The van der Waals surface area contributed by atoms with Crippen molar-refractivity contribution in [1.82, 2.24) is 9.97 Å². The van der Waals surface area contributed by atoms with Gasteiger partial charge in [-0.15, -0.1) is 0 Å². The summed E-state index contributed by atoms with van der Waals surface area (Å²) in [4.78, 5) is 8.82. The van der Waals surface area contributed by atoms with Crippen LogP contribution >= 0.6 is 11.3 Å². The van der Waals surface area contributed by atoms with Crippen LogP contribution in [-0.4, -0.2) is 16.6 Å². The van der Waals surface area contributed by atoms with E-state index in [1.54, 1.807) is 11.3 Å². The number of thiazole rings is 1. The molecule has 2 aromatic heterocycles. The van der Waals surface area contributed by atoms with Crippen LogP contribution in [0.3, 0.4) is 0 Å². The zero-order valence-electron chi connectivity index (χ0n) is 11.4. The van der Waals surface area contributed by atoms with Gasteiger partial charge in [-0.25, -0.2) is 4.98 Å². The Bertz CT molecular complexity index is 722. The number of anilines is 2. The Balaban J connectivity index is 1.86. The summed E-state index contributed by atoms with van der Waals surface area (Å²) in [5.41, 5.74) is 2.92. The Morgan fingerprint density at radius 2 is 2.15 bits per heavy atom. The Labute approximate surface area is 121 Å². The van der Waals surface area contributed by atoms with Crippen LogP contribution in [0.4, 0.5) is 10.8 Å². The smallest absolute Gasteiger partial charge is 0.188 e. The van der Waals surface area contributed by atoms with E-state index in [4.69, 9.17) is 4.74 Å². The first-order valence-corrected chi connectivity index (χ1v) is 7.29. The van der Waals surface area contributed by atoms with E-state index in [1.165, 1.54) is 0 Å². The molecule has 102 valence electrons. The monoisotopic (exact) mass is 285 g/mol. The van der Waals surface area contributed by atoms with Gasteiger partial charge >= 0.3 is 0 Å². The Morgan fingerprint density at radius 3 is 2.90 bits per heavy atom. The molecule has 20 heavy (non-hydrogen) atoms. The fourth-order valence-corrected chi connectivity index (χ4v) is 2.79. The second-order valence-electron chi connectivity index (χ2n) is 4.39. The molecule has 0 saturated carbocycles. The van der Waals surface area contributed by atoms with Crippen LogP contribution in [0.1, 0.15) is 12.6 Å². The summed E-state index contributed by atoms with van der Waals surface area (Å²) < 4.78 is 6.61. The van der Waals surface area contributed by atoms with Gasteiger partial charge in [-0.2, -0.15) is 0 Å². The van der Waals surface area contributed by atoms with E-state index in [1.807, 2.05) is 50.4 Å². The SMILES string of the molecule is CCOc1ccc2nc(Nc3ccc(C)nc3)sc2c1. The highest BCUT2D eigenvalue weighted by Crippen LogP contribution is 2.30. The number of benzene rings is 1. The van der Waals surface area contributed by atoms with Crippen molar-refractivity contribution in [2.45, 2.75) is 13.8 Å². The third kappa shape index (κ3) is 2.72. The van der Waals surface area contributed by atoms with Crippen LogP contribution in [0.2, 0.25) is 0 Å². The minimum atomic E-state index is 0.671. The number of nitrogens with one attached hydrogen (secondary N) is 1. The first kappa shape index (κ1) is 12.9. The molecule has 0 fully saturated rings. The Kier molecular flexibility index (Phi) is 3.52. The summed E-state index contributed by atoms with van der Waals surface area (Å²) in [5, 5.41) is 4.14. The lowest BCUT2D eigenvalue weighted by Crippen LogP contribution is -1.90. The molecule has 1 N–H and O–H groups in total. The van der Waals surface area contributed by atoms with Gasteiger partial charge < -0.3 is 10.1 Å². The van der Waals surface area contributed by atoms with Crippen molar-refractivity contribution in [1.29, 1.82) is 0 Å². The normalized spacial score (nSPS) is 10.7. The molecule has 3 aromatic rings. The fourth-order valence-electron chi connectivity index (χ4n) is 1.88.